The third-order valence-corrected chi connectivity index (χ3v) is 6.53. The molecule has 8 heteroatoms. The van der Waals surface area contributed by atoms with E-state index in [1.54, 1.807) is 12.5 Å². The Kier molecular flexibility index (Phi) is 6.79. The zero-order valence-electron chi connectivity index (χ0n) is 18.4. The highest BCUT2D eigenvalue weighted by Crippen LogP contribution is 2.35. The highest BCUT2D eigenvalue weighted by Gasteiger charge is 2.31. The van der Waals surface area contributed by atoms with Gasteiger partial charge in [0.25, 0.3) is 0 Å². The number of tetrazole rings is 1. The molecule has 170 valence electrons. The molecule has 0 spiro atoms. The Hall–Kier alpha value is -3.03. The third kappa shape index (κ3) is 5.15. The number of aromatic nitrogens is 5. The lowest BCUT2D eigenvalue weighted by molar-refractivity contribution is 0.174. The van der Waals surface area contributed by atoms with E-state index < -0.39 is 0 Å². The fourth-order valence-corrected chi connectivity index (χ4v) is 4.83. The Morgan fingerprint density at radius 2 is 1.88 bits per heavy atom. The number of benzene rings is 1. The van der Waals surface area contributed by atoms with Crippen molar-refractivity contribution >= 4 is 11.6 Å². The molecule has 1 fully saturated rings. The molecule has 1 atom stereocenters. The van der Waals surface area contributed by atoms with E-state index in [-0.39, 0.29) is 6.04 Å². The quantitative estimate of drug-likeness (QED) is 0.339. The van der Waals surface area contributed by atoms with Crippen LogP contribution in [0.4, 0.5) is 0 Å². The maximum Gasteiger partial charge on any atom is 0.173 e. The van der Waals surface area contributed by atoms with Gasteiger partial charge >= 0.3 is 0 Å². The minimum absolute atomic E-state index is 0.176. The molecule has 0 amide bonds. The molecule has 7 nitrogen and oxygen atoms in total. The maximum absolute atomic E-state index is 6.24. The summed E-state index contributed by atoms with van der Waals surface area (Å²) < 4.78 is 7.79. The second-order valence-electron chi connectivity index (χ2n) is 8.57. The molecule has 1 aromatic carbocycles. The molecule has 0 radical (unpaired) electrons. The average Bonchev–Trinajstić information content (AvgIpc) is 3.54. The summed E-state index contributed by atoms with van der Waals surface area (Å²) in [6, 6.07) is 16.1. The number of pyridine rings is 1. The molecule has 0 aliphatic heterocycles. The Morgan fingerprint density at radius 1 is 1.03 bits per heavy atom. The van der Waals surface area contributed by atoms with Crippen LogP contribution in [0.2, 0.25) is 5.02 Å². The number of hydrogen-bond acceptors (Lipinski definition) is 6. The fourth-order valence-electron chi connectivity index (χ4n) is 4.70. The number of rotatable bonds is 8. The Labute approximate surface area is 198 Å². The molecule has 0 N–H and O–H groups in total. The predicted octanol–water partition coefficient (Wildman–Crippen LogP) is 5.61. The molecule has 33 heavy (non-hydrogen) atoms. The normalized spacial score (nSPS) is 15.7. The van der Waals surface area contributed by atoms with Crippen LogP contribution in [0.3, 0.4) is 0 Å². The summed E-state index contributed by atoms with van der Waals surface area (Å²) in [5.41, 5.74) is 2.20. The van der Waals surface area contributed by atoms with Crippen molar-refractivity contribution in [2.45, 2.75) is 57.3 Å². The molecule has 3 heterocycles. The Bertz CT molecular complexity index is 1120. The van der Waals surface area contributed by atoms with Crippen molar-refractivity contribution < 1.29 is 4.42 Å². The third-order valence-electron chi connectivity index (χ3n) is 6.28. The Morgan fingerprint density at radius 3 is 2.61 bits per heavy atom. The van der Waals surface area contributed by atoms with E-state index in [0.29, 0.717) is 24.2 Å². The summed E-state index contributed by atoms with van der Waals surface area (Å²) in [6.45, 7) is 1.27. The van der Waals surface area contributed by atoms with Gasteiger partial charge in [-0.25, -0.2) is 4.68 Å². The van der Waals surface area contributed by atoms with Crippen LogP contribution < -0.4 is 0 Å². The van der Waals surface area contributed by atoms with Gasteiger partial charge in [-0.3, -0.25) is 9.88 Å². The number of nitrogens with zero attached hydrogens (tertiary/aromatic N) is 6. The molecule has 1 aliphatic carbocycles. The van der Waals surface area contributed by atoms with E-state index in [0.717, 1.165) is 35.6 Å². The molecular weight excluding hydrogens is 436 g/mol. The van der Waals surface area contributed by atoms with Crippen molar-refractivity contribution in [2.24, 2.45) is 0 Å². The highest BCUT2D eigenvalue weighted by molar-refractivity contribution is 6.30. The first-order chi connectivity index (χ1) is 16.3. The molecule has 1 aliphatic rings. The SMILES string of the molecule is Clc1ccc([C@@H](c2nnnn2C2CCCCC2)N(Cc2cccnc2)Cc2ccco2)cc1. The number of furan rings is 1. The molecule has 0 unspecified atom stereocenters. The van der Waals surface area contributed by atoms with Gasteiger partial charge in [-0.1, -0.05) is 49.1 Å². The lowest BCUT2D eigenvalue weighted by atomic mass is 9.95. The molecule has 0 bridgehead atoms. The largest absolute Gasteiger partial charge is 0.468 e. The number of hydrogen-bond donors (Lipinski definition) is 0. The summed E-state index contributed by atoms with van der Waals surface area (Å²) >= 11 is 6.24. The average molecular weight is 463 g/mol. The van der Waals surface area contributed by atoms with Crippen molar-refractivity contribution in [3.8, 4) is 0 Å². The molecule has 0 saturated heterocycles. The van der Waals surface area contributed by atoms with Gasteiger partial charge in [0.2, 0.25) is 0 Å². The monoisotopic (exact) mass is 462 g/mol. The minimum Gasteiger partial charge on any atom is -0.468 e. The second-order valence-corrected chi connectivity index (χ2v) is 9.01. The maximum atomic E-state index is 6.24. The van der Waals surface area contributed by atoms with E-state index in [2.05, 4.69) is 48.3 Å². The minimum atomic E-state index is -0.176. The van der Waals surface area contributed by atoms with E-state index in [4.69, 9.17) is 16.0 Å². The van der Waals surface area contributed by atoms with Gasteiger partial charge in [-0.05, 0) is 64.7 Å². The van der Waals surface area contributed by atoms with E-state index >= 15 is 0 Å². The zero-order valence-corrected chi connectivity index (χ0v) is 19.2. The van der Waals surface area contributed by atoms with Crippen molar-refractivity contribution in [3.63, 3.8) is 0 Å². The summed E-state index contributed by atoms with van der Waals surface area (Å²) in [4.78, 5) is 6.66. The van der Waals surface area contributed by atoms with Crippen LogP contribution in [0.25, 0.3) is 0 Å². The second kappa shape index (κ2) is 10.3. The predicted molar refractivity (Wildman–Crippen MR) is 125 cm³/mol. The van der Waals surface area contributed by atoms with E-state index in [9.17, 15) is 0 Å². The summed E-state index contributed by atoms with van der Waals surface area (Å²) in [7, 11) is 0. The van der Waals surface area contributed by atoms with Gasteiger partial charge in [0.1, 0.15) is 5.76 Å². The van der Waals surface area contributed by atoms with Crippen molar-refractivity contribution in [2.75, 3.05) is 0 Å². The van der Waals surface area contributed by atoms with Crippen LogP contribution in [0.5, 0.6) is 0 Å². The smallest absolute Gasteiger partial charge is 0.173 e. The molecular formula is C25H27ClN6O. The van der Waals surface area contributed by atoms with Crippen LogP contribution in [-0.4, -0.2) is 30.1 Å². The first-order valence-electron chi connectivity index (χ1n) is 11.5. The fraction of sp³-hybridized carbons (Fsp3) is 0.360. The number of halogens is 1. The summed E-state index contributed by atoms with van der Waals surface area (Å²) in [5.74, 6) is 1.73. The van der Waals surface area contributed by atoms with Gasteiger partial charge in [-0.15, -0.1) is 5.10 Å². The van der Waals surface area contributed by atoms with Crippen LogP contribution in [0.15, 0.2) is 71.6 Å². The standard InChI is InChI=1S/C25H27ClN6O/c26-21-12-10-20(11-13-21)24(25-28-29-30-32(25)22-7-2-1-3-8-22)31(18-23-9-5-15-33-23)17-19-6-4-14-27-16-19/h4-6,9-16,22,24H,1-3,7-8,17-18H2/t24-/m0/s1. The Balaban J connectivity index is 1.58. The van der Waals surface area contributed by atoms with Gasteiger partial charge < -0.3 is 4.42 Å². The lowest BCUT2D eigenvalue weighted by Gasteiger charge is -2.32. The van der Waals surface area contributed by atoms with Crippen LogP contribution in [0, 0.1) is 0 Å². The molecule has 5 rings (SSSR count). The first-order valence-corrected chi connectivity index (χ1v) is 11.8. The van der Waals surface area contributed by atoms with Crippen LogP contribution >= 0.6 is 11.6 Å². The van der Waals surface area contributed by atoms with Gasteiger partial charge in [0.05, 0.1) is 24.9 Å². The van der Waals surface area contributed by atoms with Crippen molar-refractivity contribution in [3.05, 3.63) is 94.9 Å². The highest BCUT2D eigenvalue weighted by atomic mass is 35.5. The topological polar surface area (TPSA) is 72.9 Å². The zero-order chi connectivity index (χ0) is 22.5. The van der Waals surface area contributed by atoms with Crippen LogP contribution in [-0.2, 0) is 13.1 Å². The summed E-state index contributed by atoms with van der Waals surface area (Å²) in [5, 5.41) is 13.8. The van der Waals surface area contributed by atoms with Gasteiger partial charge in [0, 0.05) is 24.0 Å². The summed E-state index contributed by atoms with van der Waals surface area (Å²) in [6.07, 6.45) is 11.3. The van der Waals surface area contributed by atoms with Gasteiger partial charge in [-0.2, -0.15) is 0 Å². The van der Waals surface area contributed by atoms with E-state index in [1.807, 2.05) is 36.5 Å². The van der Waals surface area contributed by atoms with E-state index in [1.165, 1.54) is 19.3 Å². The molecule has 1 saturated carbocycles. The molecule has 4 aromatic rings. The van der Waals surface area contributed by atoms with Crippen LogP contribution in [0.1, 0.15) is 66.9 Å². The van der Waals surface area contributed by atoms with Crippen molar-refractivity contribution in [1.82, 2.24) is 30.1 Å². The first kappa shape index (κ1) is 21.8. The van der Waals surface area contributed by atoms with Crippen molar-refractivity contribution in [1.29, 1.82) is 0 Å². The lowest BCUT2D eigenvalue weighted by Crippen LogP contribution is -2.32. The molecule has 3 aromatic heterocycles. The van der Waals surface area contributed by atoms with Gasteiger partial charge in [0.15, 0.2) is 5.82 Å².